The van der Waals surface area contributed by atoms with Crippen molar-refractivity contribution in [2.75, 3.05) is 32.1 Å². The molecule has 0 aromatic heterocycles. The predicted octanol–water partition coefficient (Wildman–Crippen LogP) is 1.98. The maximum absolute atomic E-state index is 13.0. The first-order valence-electron chi connectivity index (χ1n) is 7.04. The zero-order valence-electron chi connectivity index (χ0n) is 13.0. The van der Waals surface area contributed by atoms with Crippen molar-refractivity contribution < 1.29 is 32.6 Å². The molecule has 0 fully saturated rings. The molecule has 0 unspecified atom stereocenters. The Labute approximate surface area is 154 Å². The first-order chi connectivity index (χ1) is 11.7. The van der Waals surface area contributed by atoms with Gasteiger partial charge in [-0.3, -0.25) is 4.79 Å². The molecule has 1 aromatic rings. The SMILES string of the molecule is COC(=O)C1=C(Nc2ccc(I)c(C(F)(F)F)c2)C(=O)N(CCO)C1. The van der Waals surface area contributed by atoms with Gasteiger partial charge in [0.15, 0.2) is 0 Å². The minimum atomic E-state index is -4.55. The van der Waals surface area contributed by atoms with Crippen LogP contribution in [0, 0.1) is 3.57 Å². The zero-order valence-corrected chi connectivity index (χ0v) is 15.1. The van der Waals surface area contributed by atoms with Crippen LogP contribution in [-0.2, 0) is 20.5 Å². The normalized spacial score (nSPS) is 15.0. The van der Waals surface area contributed by atoms with Crippen LogP contribution in [0.25, 0.3) is 0 Å². The second-order valence-electron chi connectivity index (χ2n) is 5.11. The van der Waals surface area contributed by atoms with Crippen LogP contribution in [0.5, 0.6) is 0 Å². The van der Waals surface area contributed by atoms with E-state index in [9.17, 15) is 22.8 Å². The number of nitrogens with zero attached hydrogens (tertiary/aromatic N) is 1. The van der Waals surface area contributed by atoms with Gasteiger partial charge in [0.2, 0.25) is 0 Å². The number of alkyl halides is 3. The van der Waals surface area contributed by atoms with Crippen molar-refractivity contribution >= 4 is 40.2 Å². The van der Waals surface area contributed by atoms with Crippen LogP contribution in [0.15, 0.2) is 29.5 Å². The van der Waals surface area contributed by atoms with E-state index in [4.69, 9.17) is 5.11 Å². The molecule has 1 aliphatic rings. The average Bonchev–Trinajstić information content (AvgIpc) is 2.84. The molecule has 0 saturated heterocycles. The molecule has 6 nitrogen and oxygen atoms in total. The quantitative estimate of drug-likeness (QED) is 0.509. The lowest BCUT2D eigenvalue weighted by Crippen LogP contribution is -2.31. The zero-order chi connectivity index (χ0) is 18.8. The number of hydrogen-bond donors (Lipinski definition) is 2. The molecule has 1 heterocycles. The fourth-order valence-corrected chi connectivity index (χ4v) is 2.95. The van der Waals surface area contributed by atoms with Crippen LogP contribution in [0.3, 0.4) is 0 Å². The molecule has 0 radical (unpaired) electrons. The van der Waals surface area contributed by atoms with Crippen LogP contribution in [0.1, 0.15) is 5.56 Å². The van der Waals surface area contributed by atoms with Gasteiger partial charge >= 0.3 is 12.1 Å². The maximum atomic E-state index is 13.0. The van der Waals surface area contributed by atoms with E-state index in [1.807, 2.05) is 0 Å². The highest BCUT2D eigenvalue weighted by Crippen LogP contribution is 2.35. The fraction of sp³-hybridized carbons (Fsp3) is 0.333. The van der Waals surface area contributed by atoms with E-state index in [-0.39, 0.29) is 40.2 Å². The number of hydrogen-bond acceptors (Lipinski definition) is 5. The van der Waals surface area contributed by atoms with Crippen molar-refractivity contribution in [3.8, 4) is 0 Å². The summed E-state index contributed by atoms with van der Waals surface area (Å²) in [6.07, 6.45) is -4.55. The van der Waals surface area contributed by atoms with Crippen LogP contribution < -0.4 is 5.32 Å². The lowest BCUT2D eigenvalue weighted by atomic mass is 10.1. The van der Waals surface area contributed by atoms with Crippen molar-refractivity contribution in [3.63, 3.8) is 0 Å². The number of anilines is 1. The lowest BCUT2D eigenvalue weighted by molar-refractivity contribution is -0.138. The summed E-state index contributed by atoms with van der Waals surface area (Å²) < 4.78 is 43.7. The molecule has 136 valence electrons. The van der Waals surface area contributed by atoms with E-state index in [1.165, 1.54) is 17.0 Å². The number of aliphatic hydroxyl groups excluding tert-OH is 1. The second-order valence-corrected chi connectivity index (χ2v) is 6.28. The number of rotatable bonds is 5. The van der Waals surface area contributed by atoms with E-state index < -0.39 is 23.6 Å². The molecule has 0 aliphatic carbocycles. The van der Waals surface area contributed by atoms with Crippen molar-refractivity contribution in [2.24, 2.45) is 0 Å². The highest BCUT2D eigenvalue weighted by atomic mass is 127. The number of ether oxygens (including phenoxy) is 1. The van der Waals surface area contributed by atoms with E-state index in [2.05, 4.69) is 10.1 Å². The summed E-state index contributed by atoms with van der Waals surface area (Å²) in [5.41, 5.74) is -0.998. The van der Waals surface area contributed by atoms with Gasteiger partial charge in [0.1, 0.15) is 5.70 Å². The molecule has 10 heteroatoms. The molecule has 0 atom stereocenters. The summed E-state index contributed by atoms with van der Waals surface area (Å²) >= 11 is 1.57. The number of methoxy groups -OCH3 is 1. The molecule has 25 heavy (non-hydrogen) atoms. The summed E-state index contributed by atoms with van der Waals surface area (Å²) in [7, 11) is 1.14. The Morgan fingerprint density at radius 3 is 2.68 bits per heavy atom. The molecule has 1 amide bonds. The van der Waals surface area contributed by atoms with Gasteiger partial charge in [0.25, 0.3) is 5.91 Å². The van der Waals surface area contributed by atoms with Crippen LogP contribution in [0.2, 0.25) is 0 Å². The Balaban J connectivity index is 2.39. The number of aliphatic hydroxyl groups is 1. The van der Waals surface area contributed by atoms with Crippen molar-refractivity contribution in [3.05, 3.63) is 38.6 Å². The third-order valence-corrected chi connectivity index (χ3v) is 4.44. The Kier molecular flexibility index (Phi) is 5.93. The molecule has 0 spiro atoms. The highest BCUT2D eigenvalue weighted by Gasteiger charge is 2.36. The molecule has 2 N–H and O–H groups in total. The topological polar surface area (TPSA) is 78.9 Å². The molecule has 0 saturated carbocycles. The molecule has 1 aromatic carbocycles. The van der Waals surface area contributed by atoms with E-state index in [0.717, 1.165) is 13.2 Å². The van der Waals surface area contributed by atoms with Gasteiger partial charge < -0.3 is 20.1 Å². The van der Waals surface area contributed by atoms with Crippen LogP contribution in [-0.4, -0.2) is 48.7 Å². The number of nitrogens with one attached hydrogen (secondary N) is 1. The van der Waals surface area contributed by atoms with E-state index >= 15 is 0 Å². The average molecular weight is 470 g/mol. The first-order valence-corrected chi connectivity index (χ1v) is 8.12. The molecular formula is C15H14F3IN2O4. The van der Waals surface area contributed by atoms with Crippen LogP contribution in [0.4, 0.5) is 18.9 Å². The third-order valence-electron chi connectivity index (χ3n) is 3.49. The van der Waals surface area contributed by atoms with Gasteiger partial charge in [-0.05, 0) is 40.8 Å². The Morgan fingerprint density at radius 2 is 2.12 bits per heavy atom. The van der Waals surface area contributed by atoms with Crippen molar-refractivity contribution in [1.29, 1.82) is 0 Å². The first kappa shape index (κ1) is 19.5. The number of β-amino-alcohol motifs (C(OH)–C–C–N with tert-alkyl or cyclic N) is 1. The van der Waals surface area contributed by atoms with Crippen molar-refractivity contribution in [2.45, 2.75) is 6.18 Å². The third kappa shape index (κ3) is 4.24. The Bertz CT molecular complexity index is 734. The molecule has 0 bridgehead atoms. The summed E-state index contributed by atoms with van der Waals surface area (Å²) in [5, 5.41) is 11.6. The second kappa shape index (κ2) is 7.60. The smallest absolute Gasteiger partial charge is 0.417 e. The highest BCUT2D eigenvalue weighted by molar-refractivity contribution is 14.1. The Morgan fingerprint density at radius 1 is 1.44 bits per heavy atom. The molecule has 1 aliphatic heterocycles. The number of amides is 1. The summed E-state index contributed by atoms with van der Waals surface area (Å²) in [4.78, 5) is 25.4. The number of halogens is 4. The van der Waals surface area contributed by atoms with Gasteiger partial charge in [-0.1, -0.05) is 0 Å². The summed E-state index contributed by atoms with van der Waals surface area (Å²) in [6.45, 7) is -0.412. The monoisotopic (exact) mass is 470 g/mol. The van der Waals surface area contributed by atoms with Gasteiger partial charge in [-0.15, -0.1) is 0 Å². The van der Waals surface area contributed by atoms with E-state index in [1.54, 1.807) is 22.6 Å². The molecular weight excluding hydrogens is 456 g/mol. The maximum Gasteiger partial charge on any atom is 0.417 e. The lowest BCUT2D eigenvalue weighted by Gasteiger charge is -2.16. The van der Waals surface area contributed by atoms with Gasteiger partial charge in [0, 0.05) is 15.8 Å². The molecule has 2 rings (SSSR count). The number of benzene rings is 1. The number of carbonyl (C=O) groups excluding carboxylic acids is 2. The van der Waals surface area contributed by atoms with Gasteiger partial charge in [0.05, 0.1) is 31.4 Å². The van der Waals surface area contributed by atoms with Crippen molar-refractivity contribution in [1.82, 2.24) is 4.90 Å². The summed E-state index contributed by atoms with van der Waals surface area (Å²) in [6, 6.07) is 3.50. The number of esters is 1. The van der Waals surface area contributed by atoms with Gasteiger partial charge in [-0.2, -0.15) is 13.2 Å². The standard InChI is InChI=1S/C15H14F3IN2O4/c1-25-14(24)9-7-21(4-5-22)13(23)12(9)20-8-2-3-11(19)10(6-8)15(16,17)18/h2-3,6,20,22H,4-5,7H2,1H3. The fourth-order valence-electron chi connectivity index (χ4n) is 2.31. The predicted molar refractivity (Wildman–Crippen MR) is 90.5 cm³/mol. The minimum Gasteiger partial charge on any atom is -0.466 e. The number of carbonyl (C=O) groups is 2. The van der Waals surface area contributed by atoms with Crippen LogP contribution >= 0.6 is 22.6 Å². The summed E-state index contributed by atoms with van der Waals surface area (Å²) in [5.74, 6) is -1.36. The van der Waals surface area contributed by atoms with Gasteiger partial charge in [-0.25, -0.2) is 4.79 Å². The van der Waals surface area contributed by atoms with E-state index in [0.29, 0.717) is 0 Å². The Hall–Kier alpha value is -1.82. The minimum absolute atomic E-state index is 0.00643. The largest absolute Gasteiger partial charge is 0.466 e.